The number of nitrogens with one attached hydrogen (secondary N) is 1. The van der Waals surface area contributed by atoms with E-state index in [9.17, 15) is 0 Å². The minimum atomic E-state index is 0.546. The predicted molar refractivity (Wildman–Crippen MR) is 73.3 cm³/mol. The molecule has 0 saturated carbocycles. The molecule has 1 N–H and O–H groups in total. The molecule has 17 heavy (non-hydrogen) atoms. The Kier molecular flexibility index (Phi) is 6.06. The van der Waals surface area contributed by atoms with Crippen molar-refractivity contribution in [1.29, 1.82) is 0 Å². The van der Waals surface area contributed by atoms with Crippen molar-refractivity contribution in [2.75, 3.05) is 34.3 Å². The second kappa shape index (κ2) is 7.07. The van der Waals surface area contributed by atoms with E-state index >= 15 is 0 Å². The van der Waals surface area contributed by atoms with Crippen LogP contribution in [0.4, 0.5) is 0 Å². The maximum absolute atomic E-state index is 6.05. The van der Waals surface area contributed by atoms with Crippen LogP contribution in [0.15, 0.2) is 12.1 Å². The first-order valence-corrected chi connectivity index (χ1v) is 6.17. The third-order valence-corrected chi connectivity index (χ3v) is 2.84. The average molecular weight is 277 g/mol. The Bertz CT molecular complexity index is 370. The number of rotatable bonds is 6. The summed E-state index contributed by atoms with van der Waals surface area (Å²) >= 11 is 12.0. The summed E-state index contributed by atoms with van der Waals surface area (Å²) in [5.74, 6) is 0.688. The molecule has 1 aromatic carbocycles. The van der Waals surface area contributed by atoms with Crippen molar-refractivity contribution in [2.45, 2.75) is 6.54 Å². The molecule has 0 amide bonds. The number of nitrogens with zero attached hydrogens (tertiary/aromatic N) is 1. The van der Waals surface area contributed by atoms with E-state index < -0.39 is 0 Å². The van der Waals surface area contributed by atoms with Gasteiger partial charge in [-0.3, -0.25) is 0 Å². The Morgan fingerprint density at radius 3 is 2.59 bits per heavy atom. The van der Waals surface area contributed by atoms with Gasteiger partial charge in [-0.25, -0.2) is 0 Å². The highest BCUT2D eigenvalue weighted by Gasteiger charge is 2.09. The lowest BCUT2D eigenvalue weighted by atomic mass is 10.2. The third kappa shape index (κ3) is 4.72. The highest BCUT2D eigenvalue weighted by Crippen LogP contribution is 2.31. The van der Waals surface area contributed by atoms with Crippen molar-refractivity contribution >= 4 is 23.2 Å². The van der Waals surface area contributed by atoms with Gasteiger partial charge in [-0.2, -0.15) is 0 Å². The molecule has 0 atom stereocenters. The first-order valence-electron chi connectivity index (χ1n) is 5.42. The van der Waals surface area contributed by atoms with Crippen LogP contribution in [0, 0.1) is 0 Å². The second-order valence-electron chi connectivity index (χ2n) is 4.06. The van der Waals surface area contributed by atoms with Crippen molar-refractivity contribution in [3.63, 3.8) is 0 Å². The van der Waals surface area contributed by atoms with Crippen LogP contribution in [0.2, 0.25) is 10.0 Å². The van der Waals surface area contributed by atoms with E-state index in [-0.39, 0.29) is 0 Å². The van der Waals surface area contributed by atoms with Crippen LogP contribution >= 0.6 is 23.2 Å². The van der Waals surface area contributed by atoms with Crippen LogP contribution in [0.25, 0.3) is 0 Å². The molecule has 0 unspecified atom stereocenters. The number of likely N-dealkylation sites (N-methyl/N-ethyl adjacent to an activating group) is 1. The van der Waals surface area contributed by atoms with E-state index in [4.69, 9.17) is 27.9 Å². The summed E-state index contributed by atoms with van der Waals surface area (Å²) in [5.41, 5.74) is 0.976. The molecule has 0 radical (unpaired) electrons. The zero-order valence-corrected chi connectivity index (χ0v) is 11.9. The molecule has 0 saturated heterocycles. The zero-order valence-electron chi connectivity index (χ0n) is 10.4. The highest BCUT2D eigenvalue weighted by molar-refractivity contribution is 6.35. The summed E-state index contributed by atoms with van der Waals surface area (Å²) in [4.78, 5) is 2.12. The van der Waals surface area contributed by atoms with Gasteiger partial charge in [0.25, 0.3) is 0 Å². The molecule has 5 heteroatoms. The molecule has 0 fully saturated rings. The Balaban J connectivity index is 2.63. The first kappa shape index (κ1) is 14.6. The first-order chi connectivity index (χ1) is 8.04. The molecular formula is C12H18Cl2N2O. The molecule has 1 rings (SSSR count). The lowest BCUT2D eigenvalue weighted by Crippen LogP contribution is -2.26. The number of halogens is 2. The largest absolute Gasteiger partial charge is 0.495 e. The molecule has 0 aliphatic heterocycles. The van der Waals surface area contributed by atoms with Crippen molar-refractivity contribution in [1.82, 2.24) is 10.2 Å². The molecule has 0 aliphatic rings. The van der Waals surface area contributed by atoms with Crippen LogP contribution in [-0.4, -0.2) is 39.2 Å². The van der Waals surface area contributed by atoms with E-state index in [0.29, 0.717) is 22.3 Å². The molecule has 0 spiro atoms. The molecular weight excluding hydrogens is 259 g/mol. The fraction of sp³-hybridized carbons (Fsp3) is 0.500. The third-order valence-electron chi connectivity index (χ3n) is 2.34. The van der Waals surface area contributed by atoms with Crippen molar-refractivity contribution in [2.24, 2.45) is 0 Å². The van der Waals surface area contributed by atoms with Gasteiger partial charge >= 0.3 is 0 Å². The van der Waals surface area contributed by atoms with Gasteiger partial charge < -0.3 is 15.0 Å². The zero-order chi connectivity index (χ0) is 12.8. The molecule has 0 aliphatic carbocycles. The number of hydrogen-bond donors (Lipinski definition) is 1. The molecule has 96 valence electrons. The Morgan fingerprint density at radius 1 is 1.29 bits per heavy atom. The van der Waals surface area contributed by atoms with Crippen LogP contribution in [0.3, 0.4) is 0 Å². The normalized spacial score (nSPS) is 10.9. The quantitative estimate of drug-likeness (QED) is 0.809. The van der Waals surface area contributed by atoms with E-state index in [1.54, 1.807) is 13.2 Å². The van der Waals surface area contributed by atoms with Gasteiger partial charge in [-0.15, -0.1) is 0 Å². The van der Waals surface area contributed by atoms with Gasteiger partial charge in [-0.05, 0) is 26.2 Å². The summed E-state index contributed by atoms with van der Waals surface area (Å²) < 4.78 is 5.27. The van der Waals surface area contributed by atoms with Crippen LogP contribution in [-0.2, 0) is 6.54 Å². The van der Waals surface area contributed by atoms with Crippen molar-refractivity contribution in [3.05, 3.63) is 27.7 Å². The summed E-state index contributed by atoms with van der Waals surface area (Å²) in [6.45, 7) is 2.58. The standard InChI is InChI=1S/C12H18Cl2N2O/c1-16(2)5-4-15-8-9-6-10(13)7-11(14)12(9)17-3/h6-7,15H,4-5,8H2,1-3H3. The van der Waals surface area contributed by atoms with E-state index in [2.05, 4.69) is 10.2 Å². The van der Waals surface area contributed by atoms with Crippen molar-refractivity contribution in [3.8, 4) is 5.75 Å². The molecule has 0 aromatic heterocycles. The molecule has 0 bridgehead atoms. The predicted octanol–water partition coefficient (Wildman–Crippen LogP) is 2.65. The monoisotopic (exact) mass is 276 g/mol. The lowest BCUT2D eigenvalue weighted by Gasteiger charge is -2.13. The molecule has 0 heterocycles. The summed E-state index contributed by atoms with van der Waals surface area (Å²) in [6, 6.07) is 3.56. The Morgan fingerprint density at radius 2 is 2.00 bits per heavy atom. The van der Waals surface area contributed by atoms with Crippen LogP contribution in [0.1, 0.15) is 5.56 Å². The maximum Gasteiger partial charge on any atom is 0.142 e. The van der Waals surface area contributed by atoms with Gasteiger partial charge in [0.1, 0.15) is 5.75 Å². The minimum absolute atomic E-state index is 0.546. The average Bonchev–Trinajstić information content (AvgIpc) is 2.23. The van der Waals surface area contributed by atoms with E-state index in [1.807, 2.05) is 20.2 Å². The summed E-state index contributed by atoms with van der Waals surface area (Å²) in [5, 5.41) is 4.49. The number of ether oxygens (including phenoxy) is 1. The highest BCUT2D eigenvalue weighted by atomic mass is 35.5. The van der Waals surface area contributed by atoms with Crippen LogP contribution in [0.5, 0.6) is 5.75 Å². The van der Waals surface area contributed by atoms with Gasteiger partial charge in [0, 0.05) is 30.2 Å². The van der Waals surface area contributed by atoms with Gasteiger partial charge in [0.2, 0.25) is 0 Å². The van der Waals surface area contributed by atoms with Gasteiger partial charge in [0.15, 0.2) is 0 Å². The summed E-state index contributed by atoms with van der Waals surface area (Å²) in [6.07, 6.45) is 0. The minimum Gasteiger partial charge on any atom is -0.495 e. The maximum atomic E-state index is 6.05. The van der Waals surface area contributed by atoms with Crippen LogP contribution < -0.4 is 10.1 Å². The fourth-order valence-electron chi connectivity index (χ4n) is 1.50. The van der Waals surface area contributed by atoms with Gasteiger partial charge in [-0.1, -0.05) is 23.2 Å². The van der Waals surface area contributed by atoms with Gasteiger partial charge in [0.05, 0.1) is 12.1 Å². The molecule has 1 aromatic rings. The van der Waals surface area contributed by atoms with Crippen molar-refractivity contribution < 1.29 is 4.74 Å². The molecule has 3 nitrogen and oxygen atoms in total. The SMILES string of the molecule is COc1c(Cl)cc(Cl)cc1CNCCN(C)C. The fourth-order valence-corrected chi connectivity index (χ4v) is 2.11. The smallest absolute Gasteiger partial charge is 0.142 e. The topological polar surface area (TPSA) is 24.5 Å². The number of methoxy groups -OCH3 is 1. The van der Waals surface area contributed by atoms with E-state index in [0.717, 1.165) is 18.7 Å². The Hall–Kier alpha value is -0.480. The number of benzene rings is 1. The Labute approximate surface area is 113 Å². The second-order valence-corrected chi connectivity index (χ2v) is 4.90. The van der Waals surface area contributed by atoms with E-state index in [1.165, 1.54) is 0 Å². The summed E-state index contributed by atoms with van der Waals surface area (Å²) in [7, 11) is 5.69. The number of hydrogen-bond acceptors (Lipinski definition) is 3. The lowest BCUT2D eigenvalue weighted by molar-refractivity contribution is 0.392.